The third kappa shape index (κ3) is 5.61. The summed E-state index contributed by atoms with van der Waals surface area (Å²) in [6.45, 7) is 2.95. The van der Waals surface area contributed by atoms with Crippen LogP contribution in [0.15, 0.2) is 53.6 Å². The molecule has 0 atom stereocenters. The lowest BCUT2D eigenvalue weighted by molar-refractivity contribution is -0.137. The smallest absolute Gasteiger partial charge is 0.385 e. The minimum Gasteiger partial charge on any atom is -0.385 e. The Morgan fingerprint density at radius 2 is 1.81 bits per heavy atom. The van der Waals surface area contributed by atoms with E-state index in [0.717, 1.165) is 37.4 Å². The van der Waals surface area contributed by atoms with Gasteiger partial charge in [-0.2, -0.15) is 18.3 Å². The Morgan fingerprint density at radius 3 is 2.46 bits per heavy atom. The van der Waals surface area contributed by atoms with Gasteiger partial charge in [-0.1, -0.05) is 31.5 Å². The van der Waals surface area contributed by atoms with Crippen LogP contribution in [0.2, 0.25) is 0 Å². The van der Waals surface area contributed by atoms with Gasteiger partial charge in [-0.25, -0.2) is 5.43 Å². The molecule has 0 aliphatic heterocycles. The number of halogens is 3. The molecular weight excluding hydrogens is 343 g/mol. The van der Waals surface area contributed by atoms with Gasteiger partial charge in [0.25, 0.3) is 5.91 Å². The zero-order valence-corrected chi connectivity index (χ0v) is 14.3. The first kappa shape index (κ1) is 19.5. The van der Waals surface area contributed by atoms with E-state index in [2.05, 4.69) is 22.8 Å². The molecule has 0 saturated carbocycles. The van der Waals surface area contributed by atoms with Crippen LogP contribution in [-0.2, 0) is 6.18 Å². The molecule has 0 radical (unpaired) electrons. The van der Waals surface area contributed by atoms with Crippen molar-refractivity contribution in [2.24, 2.45) is 5.10 Å². The van der Waals surface area contributed by atoms with Crippen LogP contribution in [0.5, 0.6) is 0 Å². The maximum Gasteiger partial charge on any atom is 0.417 e. The number of rotatable bonds is 7. The first-order chi connectivity index (χ1) is 12.4. The number of carbonyl (C=O) groups excluding carboxylic acids is 1. The van der Waals surface area contributed by atoms with Crippen molar-refractivity contribution in [3.8, 4) is 0 Å². The molecule has 0 bridgehead atoms. The van der Waals surface area contributed by atoms with Gasteiger partial charge in [0.1, 0.15) is 0 Å². The van der Waals surface area contributed by atoms with Crippen LogP contribution >= 0.6 is 0 Å². The summed E-state index contributed by atoms with van der Waals surface area (Å²) in [6.07, 6.45) is -1.35. The second-order valence-corrected chi connectivity index (χ2v) is 5.64. The van der Waals surface area contributed by atoms with Crippen molar-refractivity contribution >= 4 is 17.8 Å². The number of nitrogens with one attached hydrogen (secondary N) is 2. The molecule has 1 amide bonds. The van der Waals surface area contributed by atoms with Crippen LogP contribution in [0.25, 0.3) is 0 Å². The fourth-order valence-corrected chi connectivity index (χ4v) is 2.24. The predicted molar refractivity (Wildman–Crippen MR) is 96.3 cm³/mol. The fourth-order valence-electron chi connectivity index (χ4n) is 2.24. The summed E-state index contributed by atoms with van der Waals surface area (Å²) in [7, 11) is 0. The van der Waals surface area contributed by atoms with Crippen LogP contribution in [0.4, 0.5) is 18.9 Å². The molecule has 138 valence electrons. The van der Waals surface area contributed by atoms with E-state index in [1.807, 2.05) is 0 Å². The highest BCUT2D eigenvalue weighted by Crippen LogP contribution is 2.31. The number of amides is 1. The summed E-state index contributed by atoms with van der Waals surface area (Å²) in [5.74, 6) is -0.495. The Kier molecular flexibility index (Phi) is 6.77. The molecule has 2 aromatic carbocycles. The number of carbonyl (C=O) groups is 1. The van der Waals surface area contributed by atoms with Crippen molar-refractivity contribution in [3.63, 3.8) is 0 Å². The van der Waals surface area contributed by atoms with E-state index in [0.29, 0.717) is 5.56 Å². The van der Waals surface area contributed by atoms with Crippen molar-refractivity contribution in [1.29, 1.82) is 0 Å². The molecule has 2 N–H and O–H groups in total. The average molecular weight is 363 g/mol. The van der Waals surface area contributed by atoms with Gasteiger partial charge in [-0.15, -0.1) is 0 Å². The first-order valence-corrected chi connectivity index (χ1v) is 8.25. The fraction of sp³-hybridized carbons (Fsp3) is 0.263. The van der Waals surface area contributed by atoms with Crippen molar-refractivity contribution in [2.75, 3.05) is 11.9 Å². The maximum absolute atomic E-state index is 12.9. The number of alkyl halides is 3. The second-order valence-electron chi connectivity index (χ2n) is 5.64. The van der Waals surface area contributed by atoms with E-state index in [-0.39, 0.29) is 5.56 Å². The Bertz CT molecular complexity index is 755. The van der Waals surface area contributed by atoms with Gasteiger partial charge >= 0.3 is 6.18 Å². The highest BCUT2D eigenvalue weighted by molar-refractivity contribution is 5.95. The second kappa shape index (κ2) is 9.03. The molecule has 0 aliphatic rings. The Morgan fingerprint density at radius 1 is 1.12 bits per heavy atom. The van der Waals surface area contributed by atoms with Crippen LogP contribution in [-0.4, -0.2) is 18.7 Å². The molecule has 0 fully saturated rings. The summed E-state index contributed by atoms with van der Waals surface area (Å²) >= 11 is 0. The largest absolute Gasteiger partial charge is 0.417 e. The number of nitrogens with zero attached hydrogens (tertiary/aromatic N) is 1. The number of benzene rings is 2. The van der Waals surface area contributed by atoms with Gasteiger partial charge in [0, 0.05) is 23.4 Å². The van der Waals surface area contributed by atoms with E-state index < -0.39 is 17.6 Å². The van der Waals surface area contributed by atoms with E-state index in [9.17, 15) is 18.0 Å². The molecule has 0 aromatic heterocycles. The van der Waals surface area contributed by atoms with Gasteiger partial charge < -0.3 is 5.32 Å². The molecule has 0 saturated heterocycles. The number of unbranched alkanes of at least 4 members (excludes halogenated alkanes) is 1. The molecule has 0 aliphatic carbocycles. The lowest BCUT2D eigenvalue weighted by Crippen LogP contribution is -2.18. The molecule has 0 heterocycles. The normalized spacial score (nSPS) is 11.5. The molecule has 4 nitrogen and oxygen atoms in total. The van der Waals surface area contributed by atoms with Gasteiger partial charge in [0.15, 0.2) is 0 Å². The van der Waals surface area contributed by atoms with Crippen molar-refractivity contribution in [3.05, 3.63) is 65.2 Å². The lowest BCUT2D eigenvalue weighted by atomic mass is 10.1. The molecule has 2 rings (SSSR count). The molecule has 0 spiro atoms. The van der Waals surface area contributed by atoms with Crippen LogP contribution < -0.4 is 10.7 Å². The van der Waals surface area contributed by atoms with Gasteiger partial charge in [0.2, 0.25) is 0 Å². The standard InChI is InChI=1S/C19H20F3N3O/c1-2-3-12-23-16-10-8-14(9-11-16)18(26)25-24-13-15-6-4-5-7-17(15)19(20,21)22/h4-11,13,23H,2-3,12H2,1H3,(H,25,26). The van der Waals surface area contributed by atoms with Gasteiger partial charge in [0.05, 0.1) is 11.8 Å². The quantitative estimate of drug-likeness (QED) is 0.426. The lowest BCUT2D eigenvalue weighted by Gasteiger charge is -2.09. The zero-order valence-electron chi connectivity index (χ0n) is 14.3. The summed E-state index contributed by atoms with van der Waals surface area (Å²) < 4.78 is 38.7. The number of anilines is 1. The summed E-state index contributed by atoms with van der Waals surface area (Å²) in [5, 5.41) is 6.86. The minimum absolute atomic E-state index is 0.115. The average Bonchev–Trinajstić information content (AvgIpc) is 2.62. The summed E-state index contributed by atoms with van der Waals surface area (Å²) in [6, 6.07) is 11.8. The number of hydrazone groups is 1. The third-order valence-electron chi connectivity index (χ3n) is 3.64. The van der Waals surface area contributed by atoms with Crippen molar-refractivity contribution in [1.82, 2.24) is 5.43 Å². The highest BCUT2D eigenvalue weighted by atomic mass is 19.4. The monoisotopic (exact) mass is 363 g/mol. The SMILES string of the molecule is CCCCNc1ccc(C(=O)NN=Cc2ccccc2C(F)(F)F)cc1. The summed E-state index contributed by atoms with van der Waals surface area (Å²) in [5.41, 5.74) is 2.59. The highest BCUT2D eigenvalue weighted by Gasteiger charge is 2.32. The Labute approximate surface area is 150 Å². The minimum atomic E-state index is -4.48. The van der Waals surface area contributed by atoms with Crippen LogP contribution in [0.1, 0.15) is 41.3 Å². The molecular formula is C19H20F3N3O. The summed E-state index contributed by atoms with van der Waals surface area (Å²) in [4.78, 5) is 12.0. The topological polar surface area (TPSA) is 53.5 Å². The molecule has 7 heteroatoms. The van der Waals surface area contributed by atoms with Crippen molar-refractivity contribution < 1.29 is 18.0 Å². The van der Waals surface area contributed by atoms with E-state index in [1.54, 1.807) is 24.3 Å². The number of hydrogen-bond acceptors (Lipinski definition) is 3. The van der Waals surface area contributed by atoms with Crippen LogP contribution in [0, 0.1) is 0 Å². The van der Waals surface area contributed by atoms with E-state index in [4.69, 9.17) is 0 Å². The van der Waals surface area contributed by atoms with Crippen LogP contribution in [0.3, 0.4) is 0 Å². The zero-order chi connectivity index (χ0) is 19.0. The number of hydrogen-bond donors (Lipinski definition) is 2. The first-order valence-electron chi connectivity index (χ1n) is 8.25. The van der Waals surface area contributed by atoms with E-state index in [1.165, 1.54) is 18.2 Å². The Hall–Kier alpha value is -2.83. The van der Waals surface area contributed by atoms with Gasteiger partial charge in [-0.05, 0) is 36.8 Å². The predicted octanol–water partition coefficient (Wildman–Crippen LogP) is 4.68. The molecule has 0 unspecified atom stereocenters. The Balaban J connectivity index is 1.97. The third-order valence-corrected chi connectivity index (χ3v) is 3.64. The maximum atomic E-state index is 12.9. The van der Waals surface area contributed by atoms with Gasteiger partial charge in [-0.3, -0.25) is 4.79 Å². The molecule has 2 aromatic rings. The van der Waals surface area contributed by atoms with E-state index >= 15 is 0 Å². The van der Waals surface area contributed by atoms with Crippen molar-refractivity contribution in [2.45, 2.75) is 25.9 Å². The molecule has 26 heavy (non-hydrogen) atoms.